The SMILES string of the molecule is Cc1nc(SCC(=O)c2c[nH]c3ccccc23)c2c(C)c(C)sc2n1. The maximum Gasteiger partial charge on any atom is 0.175 e. The van der Waals surface area contributed by atoms with Gasteiger partial charge in [0.25, 0.3) is 0 Å². The summed E-state index contributed by atoms with van der Waals surface area (Å²) in [5.74, 6) is 1.22. The van der Waals surface area contributed by atoms with Gasteiger partial charge in [-0.1, -0.05) is 30.0 Å². The number of aromatic nitrogens is 3. The van der Waals surface area contributed by atoms with Crippen LogP contribution in [0.15, 0.2) is 35.5 Å². The van der Waals surface area contributed by atoms with E-state index in [9.17, 15) is 4.79 Å². The first kappa shape index (κ1) is 16.3. The Labute approximate surface area is 153 Å². The van der Waals surface area contributed by atoms with Crippen LogP contribution in [0.5, 0.6) is 0 Å². The summed E-state index contributed by atoms with van der Waals surface area (Å²) in [5, 5.41) is 2.96. The third-order valence-electron chi connectivity index (χ3n) is 4.34. The molecule has 4 rings (SSSR count). The van der Waals surface area contributed by atoms with E-state index in [-0.39, 0.29) is 5.78 Å². The van der Waals surface area contributed by atoms with Gasteiger partial charge < -0.3 is 4.98 Å². The van der Waals surface area contributed by atoms with Crippen molar-refractivity contribution < 1.29 is 4.79 Å². The number of aromatic amines is 1. The average molecular weight is 367 g/mol. The number of benzene rings is 1. The molecular weight excluding hydrogens is 350 g/mol. The van der Waals surface area contributed by atoms with Gasteiger partial charge in [0.15, 0.2) is 5.78 Å². The Kier molecular flexibility index (Phi) is 4.09. The van der Waals surface area contributed by atoms with Gasteiger partial charge in [0.1, 0.15) is 15.7 Å². The molecule has 0 saturated heterocycles. The van der Waals surface area contributed by atoms with Gasteiger partial charge in [-0.25, -0.2) is 9.97 Å². The van der Waals surface area contributed by atoms with Crippen molar-refractivity contribution >= 4 is 50.0 Å². The van der Waals surface area contributed by atoms with Crippen LogP contribution in [-0.4, -0.2) is 26.5 Å². The van der Waals surface area contributed by atoms with Crippen LogP contribution in [0.25, 0.3) is 21.1 Å². The van der Waals surface area contributed by atoms with Crippen LogP contribution >= 0.6 is 23.1 Å². The van der Waals surface area contributed by atoms with Crippen molar-refractivity contribution in [2.75, 3.05) is 5.75 Å². The molecule has 0 saturated carbocycles. The highest BCUT2D eigenvalue weighted by molar-refractivity contribution is 8.00. The van der Waals surface area contributed by atoms with Gasteiger partial charge in [0.2, 0.25) is 0 Å². The van der Waals surface area contributed by atoms with Crippen molar-refractivity contribution in [2.45, 2.75) is 25.8 Å². The number of nitrogens with one attached hydrogen (secondary N) is 1. The number of thiophene rings is 1. The first-order valence-corrected chi connectivity index (χ1v) is 9.81. The number of carbonyl (C=O) groups is 1. The number of hydrogen-bond donors (Lipinski definition) is 1. The van der Waals surface area contributed by atoms with Crippen molar-refractivity contribution in [3.8, 4) is 0 Å². The lowest BCUT2D eigenvalue weighted by Crippen LogP contribution is -2.02. The van der Waals surface area contributed by atoms with Gasteiger partial charge >= 0.3 is 0 Å². The second-order valence-electron chi connectivity index (χ2n) is 6.00. The van der Waals surface area contributed by atoms with E-state index in [1.165, 1.54) is 22.2 Å². The average Bonchev–Trinajstić information content (AvgIpc) is 3.14. The molecule has 0 unspecified atom stereocenters. The van der Waals surface area contributed by atoms with Gasteiger partial charge in [-0.2, -0.15) is 0 Å². The van der Waals surface area contributed by atoms with Gasteiger partial charge in [-0.3, -0.25) is 4.79 Å². The summed E-state index contributed by atoms with van der Waals surface area (Å²) in [6.45, 7) is 6.09. The highest BCUT2D eigenvalue weighted by Gasteiger charge is 2.17. The number of fused-ring (bicyclic) bond motifs is 2. The molecule has 4 aromatic rings. The molecule has 6 heteroatoms. The zero-order valence-electron chi connectivity index (χ0n) is 14.2. The standard InChI is InChI=1S/C19H17N3OS2/c1-10-11(2)25-19-17(10)18(21-12(3)22-19)24-9-16(23)14-8-20-15-7-5-4-6-13(14)15/h4-8,20H,9H2,1-3H3. The second kappa shape index (κ2) is 6.28. The molecule has 1 aromatic carbocycles. The monoisotopic (exact) mass is 367 g/mol. The maximum absolute atomic E-state index is 12.7. The van der Waals surface area contributed by atoms with Crippen LogP contribution in [0.3, 0.4) is 0 Å². The van der Waals surface area contributed by atoms with Crippen molar-refractivity contribution in [3.05, 3.63) is 52.3 Å². The fraction of sp³-hybridized carbons (Fsp3) is 0.211. The molecular formula is C19H17N3OS2. The summed E-state index contributed by atoms with van der Waals surface area (Å²) in [4.78, 5) is 27.3. The third kappa shape index (κ3) is 2.85. The molecule has 0 aliphatic heterocycles. The number of para-hydroxylation sites is 1. The fourth-order valence-corrected chi connectivity index (χ4v) is 5.09. The number of carbonyl (C=O) groups excluding carboxylic acids is 1. The summed E-state index contributed by atoms with van der Waals surface area (Å²) in [6, 6.07) is 7.87. The number of H-pyrrole nitrogens is 1. The molecule has 0 spiro atoms. The topological polar surface area (TPSA) is 58.6 Å². The fourth-order valence-electron chi connectivity index (χ4n) is 2.93. The summed E-state index contributed by atoms with van der Waals surface area (Å²) in [7, 11) is 0. The maximum atomic E-state index is 12.7. The highest BCUT2D eigenvalue weighted by Crippen LogP contribution is 2.35. The molecule has 126 valence electrons. The van der Waals surface area contributed by atoms with E-state index in [0.717, 1.165) is 37.5 Å². The lowest BCUT2D eigenvalue weighted by molar-refractivity contribution is 0.102. The van der Waals surface area contributed by atoms with E-state index in [1.807, 2.05) is 31.2 Å². The molecule has 3 heterocycles. The largest absolute Gasteiger partial charge is 0.360 e. The molecule has 25 heavy (non-hydrogen) atoms. The summed E-state index contributed by atoms with van der Waals surface area (Å²) < 4.78 is 0. The smallest absolute Gasteiger partial charge is 0.175 e. The minimum absolute atomic E-state index is 0.108. The molecule has 0 aliphatic rings. The Balaban J connectivity index is 1.65. The first-order valence-electron chi connectivity index (χ1n) is 8.01. The number of hydrogen-bond acceptors (Lipinski definition) is 5. The van der Waals surface area contributed by atoms with Gasteiger partial charge in [-0.15, -0.1) is 11.3 Å². The van der Waals surface area contributed by atoms with Crippen LogP contribution in [0.2, 0.25) is 0 Å². The van der Waals surface area contributed by atoms with Gasteiger partial charge in [-0.05, 0) is 32.4 Å². The number of aryl methyl sites for hydroxylation is 3. The van der Waals surface area contributed by atoms with Crippen molar-refractivity contribution in [1.82, 2.24) is 15.0 Å². The Morgan fingerprint density at radius 3 is 2.84 bits per heavy atom. The molecule has 0 atom stereocenters. The molecule has 3 aromatic heterocycles. The van der Waals surface area contributed by atoms with E-state index in [4.69, 9.17) is 0 Å². The zero-order chi connectivity index (χ0) is 17.6. The summed E-state index contributed by atoms with van der Waals surface area (Å²) in [6.07, 6.45) is 1.80. The van der Waals surface area contributed by atoms with E-state index in [0.29, 0.717) is 5.75 Å². The molecule has 4 nitrogen and oxygen atoms in total. The molecule has 1 N–H and O–H groups in total. The van der Waals surface area contributed by atoms with Crippen LogP contribution < -0.4 is 0 Å². The van der Waals surface area contributed by atoms with Gasteiger partial charge in [0.05, 0.1) is 5.75 Å². The predicted molar refractivity (Wildman–Crippen MR) is 105 cm³/mol. The number of Topliss-reactive ketones (excluding diaryl/α,β-unsaturated/α-hetero) is 1. The molecule has 0 bridgehead atoms. The Morgan fingerprint density at radius 1 is 1.20 bits per heavy atom. The van der Waals surface area contributed by atoms with Crippen LogP contribution in [0.4, 0.5) is 0 Å². The quantitative estimate of drug-likeness (QED) is 0.311. The summed E-state index contributed by atoms with van der Waals surface area (Å²) in [5.41, 5.74) is 2.94. The minimum Gasteiger partial charge on any atom is -0.360 e. The lowest BCUT2D eigenvalue weighted by atomic mass is 10.1. The van der Waals surface area contributed by atoms with Gasteiger partial charge in [0, 0.05) is 32.9 Å². The molecule has 0 fully saturated rings. The highest BCUT2D eigenvalue weighted by atomic mass is 32.2. The van der Waals surface area contributed by atoms with Crippen molar-refractivity contribution in [1.29, 1.82) is 0 Å². The predicted octanol–water partition coefficient (Wildman–Crippen LogP) is 5.07. The Bertz CT molecular complexity index is 1110. The molecule has 0 amide bonds. The van der Waals surface area contributed by atoms with E-state index >= 15 is 0 Å². The van der Waals surface area contributed by atoms with Crippen molar-refractivity contribution in [2.24, 2.45) is 0 Å². The number of nitrogens with zero attached hydrogens (tertiary/aromatic N) is 2. The van der Waals surface area contributed by atoms with E-state index in [2.05, 4.69) is 28.8 Å². The zero-order valence-corrected chi connectivity index (χ0v) is 15.8. The first-order chi connectivity index (χ1) is 12.0. The molecule has 0 aliphatic carbocycles. The number of ketones is 1. The number of rotatable bonds is 4. The Hall–Kier alpha value is -2.18. The number of thioether (sulfide) groups is 1. The third-order valence-corrected chi connectivity index (χ3v) is 6.41. The lowest BCUT2D eigenvalue weighted by Gasteiger charge is -2.04. The van der Waals surface area contributed by atoms with Crippen LogP contribution in [0.1, 0.15) is 26.6 Å². The van der Waals surface area contributed by atoms with Crippen LogP contribution in [-0.2, 0) is 0 Å². The van der Waals surface area contributed by atoms with E-state index < -0.39 is 0 Å². The second-order valence-corrected chi connectivity index (χ2v) is 8.17. The normalized spacial score (nSPS) is 11.5. The minimum atomic E-state index is 0.108. The molecule has 0 radical (unpaired) electrons. The van der Waals surface area contributed by atoms with Crippen LogP contribution in [0, 0.1) is 20.8 Å². The summed E-state index contributed by atoms with van der Waals surface area (Å²) >= 11 is 3.19. The van der Waals surface area contributed by atoms with E-state index in [1.54, 1.807) is 17.5 Å². The Morgan fingerprint density at radius 2 is 2.00 bits per heavy atom. The van der Waals surface area contributed by atoms with Crippen molar-refractivity contribution in [3.63, 3.8) is 0 Å².